The summed E-state index contributed by atoms with van der Waals surface area (Å²) in [5.41, 5.74) is 2.25. The topological polar surface area (TPSA) is 41.6 Å². The van der Waals surface area contributed by atoms with Crippen LogP contribution < -0.4 is 10.1 Å². The van der Waals surface area contributed by atoms with Crippen LogP contribution in [0.15, 0.2) is 66.7 Å². The molecule has 2 aromatic carbocycles. The number of nitrogens with one attached hydrogen (secondary N) is 1. The van der Waals surface area contributed by atoms with Gasteiger partial charge in [0.1, 0.15) is 12.4 Å². The van der Waals surface area contributed by atoms with E-state index in [0.717, 1.165) is 26.6 Å². The first-order valence-corrected chi connectivity index (χ1v) is 11.9. The van der Waals surface area contributed by atoms with Crippen LogP contribution in [0.1, 0.15) is 35.0 Å². The lowest BCUT2D eigenvalue weighted by atomic mass is 9.79. The predicted octanol–water partition coefficient (Wildman–Crippen LogP) is 5.21. The van der Waals surface area contributed by atoms with Gasteiger partial charge in [0.05, 0.1) is 4.88 Å². The molecule has 0 saturated carbocycles. The molecule has 1 amide bonds. The van der Waals surface area contributed by atoms with E-state index in [1.807, 2.05) is 42.5 Å². The first-order valence-electron chi connectivity index (χ1n) is 11.1. The molecule has 1 N–H and O–H groups in total. The van der Waals surface area contributed by atoms with Crippen molar-refractivity contribution in [2.24, 2.45) is 5.92 Å². The summed E-state index contributed by atoms with van der Waals surface area (Å²) in [6, 6.07) is 22.9. The van der Waals surface area contributed by atoms with Crippen LogP contribution in [0.25, 0.3) is 10.4 Å². The van der Waals surface area contributed by atoms with Crippen molar-refractivity contribution in [2.45, 2.75) is 38.5 Å². The Hall–Kier alpha value is -2.63. The van der Waals surface area contributed by atoms with Crippen molar-refractivity contribution in [2.75, 3.05) is 13.1 Å². The lowest BCUT2D eigenvalue weighted by molar-refractivity contribution is 0.0218. The molecule has 0 aliphatic carbocycles. The molecule has 3 fully saturated rings. The molecule has 160 valence electrons. The first-order chi connectivity index (χ1) is 15.2. The van der Waals surface area contributed by atoms with Gasteiger partial charge >= 0.3 is 0 Å². The van der Waals surface area contributed by atoms with Gasteiger partial charge in [0.2, 0.25) is 0 Å². The van der Waals surface area contributed by atoms with E-state index in [4.69, 9.17) is 4.74 Å². The third-order valence-electron chi connectivity index (χ3n) is 6.69. The van der Waals surface area contributed by atoms with Crippen molar-refractivity contribution >= 4 is 17.2 Å². The molecule has 3 aromatic rings. The summed E-state index contributed by atoms with van der Waals surface area (Å²) in [5, 5.41) is 3.33. The summed E-state index contributed by atoms with van der Waals surface area (Å²) in [4.78, 5) is 17.3. The average Bonchev–Trinajstić information content (AvgIpc) is 3.32. The molecule has 2 atom stereocenters. The number of benzene rings is 2. The van der Waals surface area contributed by atoms with Crippen molar-refractivity contribution in [1.82, 2.24) is 10.2 Å². The molecule has 4 nitrogen and oxygen atoms in total. The number of hydrogen-bond acceptors (Lipinski definition) is 4. The molecule has 5 heteroatoms. The molecule has 31 heavy (non-hydrogen) atoms. The summed E-state index contributed by atoms with van der Waals surface area (Å²) in [5.74, 6) is 1.52. The SMILES string of the molecule is CC1C(NC(=O)c2ccc(-c3ccc(OCc4ccccc4)cc3)s2)C2CCN1CC2. The van der Waals surface area contributed by atoms with Gasteiger partial charge in [0.25, 0.3) is 5.91 Å². The van der Waals surface area contributed by atoms with Gasteiger partial charge in [-0.3, -0.25) is 9.69 Å². The highest BCUT2D eigenvalue weighted by Crippen LogP contribution is 2.33. The van der Waals surface area contributed by atoms with Crippen molar-refractivity contribution in [3.63, 3.8) is 0 Å². The van der Waals surface area contributed by atoms with Gasteiger partial charge < -0.3 is 10.1 Å². The molecule has 0 spiro atoms. The summed E-state index contributed by atoms with van der Waals surface area (Å²) in [6.45, 7) is 5.15. The number of amides is 1. The van der Waals surface area contributed by atoms with E-state index in [1.54, 1.807) is 11.3 Å². The normalized spacial score (nSPS) is 24.7. The van der Waals surface area contributed by atoms with Crippen LogP contribution in [-0.4, -0.2) is 36.0 Å². The Balaban J connectivity index is 1.21. The van der Waals surface area contributed by atoms with Crippen LogP contribution in [0.2, 0.25) is 0 Å². The fraction of sp³-hybridized carbons (Fsp3) is 0.346. The molecular formula is C26H28N2O2S. The Labute approximate surface area is 187 Å². The number of rotatable bonds is 6. The maximum absolute atomic E-state index is 12.9. The van der Waals surface area contributed by atoms with Crippen LogP contribution in [0.5, 0.6) is 5.75 Å². The summed E-state index contributed by atoms with van der Waals surface area (Å²) >= 11 is 1.55. The van der Waals surface area contributed by atoms with E-state index in [2.05, 4.69) is 41.4 Å². The Morgan fingerprint density at radius 3 is 2.48 bits per heavy atom. The maximum atomic E-state index is 12.9. The molecule has 0 radical (unpaired) electrons. The minimum Gasteiger partial charge on any atom is -0.489 e. The number of ether oxygens (including phenoxy) is 1. The van der Waals surface area contributed by atoms with E-state index >= 15 is 0 Å². The number of piperidine rings is 3. The van der Waals surface area contributed by atoms with Gasteiger partial charge in [-0.1, -0.05) is 30.3 Å². The van der Waals surface area contributed by atoms with Crippen LogP contribution in [-0.2, 0) is 6.61 Å². The Bertz CT molecular complexity index is 1020. The van der Waals surface area contributed by atoms with Crippen LogP contribution >= 0.6 is 11.3 Å². The smallest absolute Gasteiger partial charge is 0.261 e. The number of nitrogens with zero attached hydrogens (tertiary/aromatic N) is 1. The van der Waals surface area contributed by atoms with E-state index < -0.39 is 0 Å². The van der Waals surface area contributed by atoms with Crippen molar-refractivity contribution in [3.8, 4) is 16.2 Å². The van der Waals surface area contributed by atoms with Gasteiger partial charge in [0.15, 0.2) is 0 Å². The van der Waals surface area contributed by atoms with Gasteiger partial charge in [0, 0.05) is 17.0 Å². The second kappa shape index (κ2) is 8.85. The number of carbonyl (C=O) groups excluding carboxylic acids is 1. The fourth-order valence-electron chi connectivity index (χ4n) is 4.84. The lowest BCUT2D eigenvalue weighted by Crippen LogP contribution is -2.62. The highest BCUT2D eigenvalue weighted by molar-refractivity contribution is 7.17. The third kappa shape index (κ3) is 4.39. The Morgan fingerprint density at radius 2 is 1.77 bits per heavy atom. The monoisotopic (exact) mass is 432 g/mol. The lowest BCUT2D eigenvalue weighted by Gasteiger charge is -2.49. The molecule has 2 unspecified atom stereocenters. The predicted molar refractivity (Wildman–Crippen MR) is 126 cm³/mol. The highest BCUT2D eigenvalue weighted by Gasteiger charge is 2.40. The number of carbonyl (C=O) groups is 1. The van der Waals surface area contributed by atoms with Crippen molar-refractivity contribution in [3.05, 3.63) is 77.2 Å². The first kappa shape index (κ1) is 20.3. The minimum absolute atomic E-state index is 0.0599. The molecule has 3 aliphatic heterocycles. The third-order valence-corrected chi connectivity index (χ3v) is 7.83. The molecule has 4 heterocycles. The zero-order valence-corrected chi connectivity index (χ0v) is 18.6. The molecule has 6 rings (SSSR count). The van der Waals surface area contributed by atoms with E-state index in [0.29, 0.717) is 18.6 Å². The van der Waals surface area contributed by atoms with E-state index in [1.165, 1.54) is 25.9 Å². The molecular weight excluding hydrogens is 404 g/mol. The van der Waals surface area contributed by atoms with E-state index in [-0.39, 0.29) is 11.9 Å². The summed E-state index contributed by atoms with van der Waals surface area (Å²) < 4.78 is 5.88. The zero-order valence-electron chi connectivity index (χ0n) is 17.8. The van der Waals surface area contributed by atoms with Crippen molar-refractivity contribution in [1.29, 1.82) is 0 Å². The Kier molecular flexibility index (Phi) is 5.79. The largest absolute Gasteiger partial charge is 0.489 e. The average molecular weight is 433 g/mol. The second-order valence-corrected chi connectivity index (χ2v) is 9.66. The Morgan fingerprint density at radius 1 is 1.03 bits per heavy atom. The molecule has 1 aromatic heterocycles. The molecule has 2 bridgehead atoms. The number of hydrogen-bond donors (Lipinski definition) is 1. The van der Waals surface area contributed by atoms with Gasteiger partial charge in [-0.25, -0.2) is 0 Å². The molecule has 3 aliphatic rings. The molecule has 3 saturated heterocycles. The zero-order chi connectivity index (χ0) is 21.2. The summed E-state index contributed by atoms with van der Waals surface area (Å²) in [6.07, 6.45) is 2.40. The summed E-state index contributed by atoms with van der Waals surface area (Å²) in [7, 11) is 0. The standard InChI is InChI=1S/C26H28N2O2S/c1-18-25(21-13-15-28(18)16-14-21)27-26(29)24-12-11-23(31-24)20-7-9-22(10-8-20)30-17-19-5-3-2-4-6-19/h2-12,18,21,25H,13-17H2,1H3,(H,27,29). The van der Waals surface area contributed by atoms with Gasteiger partial charge in [-0.2, -0.15) is 0 Å². The fourth-order valence-corrected chi connectivity index (χ4v) is 5.75. The van der Waals surface area contributed by atoms with Crippen LogP contribution in [0.4, 0.5) is 0 Å². The van der Waals surface area contributed by atoms with Gasteiger partial charge in [-0.15, -0.1) is 11.3 Å². The number of thiophene rings is 1. The number of fused-ring (bicyclic) bond motifs is 3. The maximum Gasteiger partial charge on any atom is 0.261 e. The minimum atomic E-state index is 0.0599. The highest BCUT2D eigenvalue weighted by atomic mass is 32.1. The van der Waals surface area contributed by atoms with Crippen molar-refractivity contribution < 1.29 is 9.53 Å². The van der Waals surface area contributed by atoms with Crippen LogP contribution in [0.3, 0.4) is 0 Å². The van der Waals surface area contributed by atoms with Gasteiger partial charge in [-0.05, 0) is 86.3 Å². The second-order valence-electron chi connectivity index (χ2n) is 8.58. The quantitative estimate of drug-likeness (QED) is 0.582. The van der Waals surface area contributed by atoms with Crippen LogP contribution in [0, 0.1) is 5.92 Å². The van der Waals surface area contributed by atoms with E-state index in [9.17, 15) is 4.79 Å².